The second-order valence-corrected chi connectivity index (χ2v) is 9.90. The summed E-state index contributed by atoms with van der Waals surface area (Å²) >= 11 is 0. The minimum atomic E-state index is 0.0370. The standard InChI is InChI=1S/C26H29N5/c1-25(2,3)17-11-13-27-21(15-17)29-23-19-9-7-8-10-20(19)24(31-23)30-22-16-18(12-14-28-22)26(4,5)6/h7-16H,1-6H3,(H,27,28,29,30,31). The van der Waals surface area contributed by atoms with E-state index in [4.69, 9.17) is 9.98 Å². The molecule has 0 amide bonds. The van der Waals surface area contributed by atoms with Crippen LogP contribution >= 0.6 is 0 Å². The predicted octanol–water partition coefficient (Wildman–Crippen LogP) is 5.83. The fourth-order valence-electron chi connectivity index (χ4n) is 3.44. The molecule has 0 spiro atoms. The maximum absolute atomic E-state index is 4.82. The van der Waals surface area contributed by atoms with Crippen molar-refractivity contribution in [3.8, 4) is 0 Å². The van der Waals surface area contributed by atoms with E-state index in [1.807, 2.05) is 48.8 Å². The lowest BCUT2D eigenvalue weighted by atomic mass is 9.88. The van der Waals surface area contributed by atoms with E-state index < -0.39 is 0 Å². The maximum Gasteiger partial charge on any atom is 0.154 e. The summed E-state index contributed by atoms with van der Waals surface area (Å²) in [5.41, 5.74) is 4.49. The van der Waals surface area contributed by atoms with Crippen LogP contribution in [0.1, 0.15) is 63.8 Å². The highest BCUT2D eigenvalue weighted by molar-refractivity contribution is 6.26. The molecular formula is C26H29N5. The topological polar surface area (TPSA) is 62.5 Å². The fourth-order valence-corrected chi connectivity index (χ4v) is 3.44. The predicted molar refractivity (Wildman–Crippen MR) is 128 cm³/mol. The van der Waals surface area contributed by atoms with E-state index in [-0.39, 0.29) is 10.8 Å². The summed E-state index contributed by atoms with van der Waals surface area (Å²) in [7, 11) is 0. The van der Waals surface area contributed by atoms with Crippen LogP contribution in [0.5, 0.6) is 0 Å². The highest BCUT2D eigenvalue weighted by Crippen LogP contribution is 2.27. The Kier molecular flexibility index (Phi) is 5.21. The molecule has 4 rings (SSSR count). The van der Waals surface area contributed by atoms with Crippen molar-refractivity contribution >= 4 is 23.3 Å². The van der Waals surface area contributed by atoms with Crippen LogP contribution < -0.4 is 5.32 Å². The number of pyridine rings is 2. The monoisotopic (exact) mass is 411 g/mol. The van der Waals surface area contributed by atoms with Gasteiger partial charge in [0.05, 0.1) is 0 Å². The maximum atomic E-state index is 4.82. The number of aliphatic imine (C=N–C) groups is 2. The normalized spacial score (nSPS) is 16.5. The van der Waals surface area contributed by atoms with Gasteiger partial charge in [-0.3, -0.25) is 0 Å². The van der Waals surface area contributed by atoms with Crippen LogP contribution in [-0.4, -0.2) is 21.6 Å². The van der Waals surface area contributed by atoms with Crippen molar-refractivity contribution in [1.82, 2.24) is 15.3 Å². The number of hydrogen-bond acceptors (Lipinski definition) is 4. The van der Waals surface area contributed by atoms with Crippen molar-refractivity contribution in [3.63, 3.8) is 0 Å². The lowest BCUT2D eigenvalue weighted by molar-refractivity contribution is 0.589. The lowest BCUT2D eigenvalue weighted by Gasteiger charge is -2.18. The molecule has 5 nitrogen and oxygen atoms in total. The van der Waals surface area contributed by atoms with Crippen LogP contribution in [0.3, 0.4) is 0 Å². The molecule has 3 heterocycles. The zero-order chi connectivity index (χ0) is 22.2. The Morgan fingerprint density at radius 1 is 0.645 bits per heavy atom. The first-order chi connectivity index (χ1) is 14.6. The van der Waals surface area contributed by atoms with Crippen molar-refractivity contribution in [2.75, 3.05) is 0 Å². The molecule has 3 aromatic rings. The number of benzene rings is 1. The molecule has 0 unspecified atom stereocenters. The van der Waals surface area contributed by atoms with Crippen molar-refractivity contribution < 1.29 is 0 Å². The van der Waals surface area contributed by atoms with Crippen molar-refractivity contribution in [2.45, 2.75) is 52.4 Å². The van der Waals surface area contributed by atoms with E-state index in [1.54, 1.807) is 0 Å². The molecule has 0 radical (unpaired) electrons. The van der Waals surface area contributed by atoms with Gasteiger partial charge in [-0.2, -0.15) is 0 Å². The molecular weight excluding hydrogens is 382 g/mol. The van der Waals surface area contributed by atoms with E-state index in [0.29, 0.717) is 11.6 Å². The van der Waals surface area contributed by atoms with Crippen molar-refractivity contribution in [3.05, 3.63) is 83.2 Å². The van der Waals surface area contributed by atoms with Crippen LogP contribution in [0.4, 0.5) is 11.6 Å². The third kappa shape index (κ3) is 4.55. The van der Waals surface area contributed by atoms with Crippen LogP contribution in [0, 0.1) is 0 Å². The Labute approximate surface area is 184 Å². The molecule has 1 aliphatic heterocycles. The van der Waals surface area contributed by atoms with Gasteiger partial charge in [-0.15, -0.1) is 0 Å². The summed E-state index contributed by atoms with van der Waals surface area (Å²) in [4.78, 5) is 18.5. The lowest BCUT2D eigenvalue weighted by Crippen LogP contribution is -2.22. The molecule has 2 aromatic heterocycles. The fraction of sp³-hybridized carbons (Fsp3) is 0.308. The van der Waals surface area contributed by atoms with E-state index in [0.717, 1.165) is 22.8 Å². The Morgan fingerprint density at radius 2 is 1.06 bits per heavy atom. The number of fused-ring (bicyclic) bond motifs is 1. The van der Waals surface area contributed by atoms with Gasteiger partial charge in [0.2, 0.25) is 0 Å². The van der Waals surface area contributed by atoms with Crippen molar-refractivity contribution in [2.24, 2.45) is 9.98 Å². The zero-order valence-electron chi connectivity index (χ0n) is 19.1. The molecule has 1 aromatic carbocycles. The van der Waals surface area contributed by atoms with Gasteiger partial charge in [0.25, 0.3) is 0 Å². The summed E-state index contributed by atoms with van der Waals surface area (Å²) in [5.74, 6) is 2.86. The highest BCUT2D eigenvalue weighted by atomic mass is 15.1. The van der Waals surface area contributed by atoms with Gasteiger partial charge >= 0.3 is 0 Å². The molecule has 1 aliphatic rings. The summed E-state index contributed by atoms with van der Waals surface area (Å²) in [6, 6.07) is 16.3. The average Bonchev–Trinajstić information content (AvgIpc) is 3.05. The third-order valence-corrected chi connectivity index (χ3v) is 5.35. The first kappa shape index (κ1) is 20.9. The molecule has 1 N–H and O–H groups in total. The average molecular weight is 412 g/mol. The zero-order valence-corrected chi connectivity index (χ0v) is 19.1. The number of rotatable bonds is 2. The number of aromatic nitrogens is 2. The molecule has 158 valence electrons. The molecule has 0 atom stereocenters. The molecule has 0 saturated heterocycles. The molecule has 0 bridgehead atoms. The number of amidine groups is 2. The SMILES string of the molecule is CC(C)(C)c1ccnc(/N=C2\N/C(=N/c3cc(C(C)(C)C)ccn3)c3ccccc32)c1. The Bertz CT molecular complexity index is 1080. The molecule has 5 heteroatoms. The van der Waals surface area contributed by atoms with Crippen molar-refractivity contribution in [1.29, 1.82) is 0 Å². The second kappa shape index (κ2) is 7.73. The number of hydrogen-bond donors (Lipinski definition) is 1. The minimum absolute atomic E-state index is 0.0370. The third-order valence-electron chi connectivity index (χ3n) is 5.35. The molecule has 0 aliphatic carbocycles. The van der Waals surface area contributed by atoms with Crippen LogP contribution in [0.2, 0.25) is 0 Å². The summed E-state index contributed by atoms with van der Waals surface area (Å²) in [6.07, 6.45) is 3.63. The molecule has 0 saturated carbocycles. The largest absolute Gasteiger partial charge is 0.324 e. The number of nitrogens with one attached hydrogen (secondary N) is 1. The van der Waals surface area contributed by atoms with Gasteiger partial charge < -0.3 is 5.32 Å². The van der Waals surface area contributed by atoms with E-state index in [9.17, 15) is 0 Å². The summed E-state index contributed by atoms with van der Waals surface area (Å²) in [6.45, 7) is 13.1. The summed E-state index contributed by atoms with van der Waals surface area (Å²) in [5, 5.41) is 3.39. The van der Waals surface area contributed by atoms with Gasteiger partial charge in [-0.1, -0.05) is 65.8 Å². The van der Waals surface area contributed by atoms with Crippen LogP contribution in [0.25, 0.3) is 0 Å². The van der Waals surface area contributed by atoms with Gasteiger partial charge in [-0.25, -0.2) is 20.0 Å². The number of nitrogens with zero attached hydrogens (tertiary/aromatic N) is 4. The first-order valence-corrected chi connectivity index (χ1v) is 10.6. The van der Waals surface area contributed by atoms with Gasteiger partial charge in [0.1, 0.15) is 11.7 Å². The Hall–Kier alpha value is -3.34. The van der Waals surface area contributed by atoms with Gasteiger partial charge in [0.15, 0.2) is 11.6 Å². The van der Waals surface area contributed by atoms with Crippen LogP contribution in [0.15, 0.2) is 70.9 Å². The highest BCUT2D eigenvalue weighted by Gasteiger charge is 2.24. The molecule has 31 heavy (non-hydrogen) atoms. The van der Waals surface area contributed by atoms with Gasteiger partial charge in [0, 0.05) is 23.5 Å². The van der Waals surface area contributed by atoms with E-state index in [2.05, 4.69) is 69.0 Å². The first-order valence-electron chi connectivity index (χ1n) is 10.6. The quantitative estimate of drug-likeness (QED) is 0.577. The Balaban J connectivity index is 1.74. The smallest absolute Gasteiger partial charge is 0.154 e. The Morgan fingerprint density at radius 3 is 1.45 bits per heavy atom. The van der Waals surface area contributed by atoms with Crippen LogP contribution in [-0.2, 0) is 10.8 Å². The van der Waals surface area contributed by atoms with E-state index >= 15 is 0 Å². The van der Waals surface area contributed by atoms with E-state index in [1.165, 1.54) is 11.1 Å². The summed E-state index contributed by atoms with van der Waals surface area (Å²) < 4.78 is 0. The molecule has 0 fully saturated rings. The second-order valence-electron chi connectivity index (χ2n) is 9.90. The minimum Gasteiger partial charge on any atom is -0.324 e. The van der Waals surface area contributed by atoms with Gasteiger partial charge in [-0.05, 0) is 46.2 Å².